The van der Waals surface area contributed by atoms with Crippen LogP contribution in [0.15, 0.2) is 24.3 Å². The van der Waals surface area contributed by atoms with Crippen LogP contribution < -0.4 is 10.1 Å². The maximum atomic E-state index is 12.3. The first-order chi connectivity index (χ1) is 10.1. The van der Waals surface area contributed by atoms with Crippen molar-refractivity contribution in [2.45, 2.75) is 24.9 Å². The predicted molar refractivity (Wildman–Crippen MR) is 76.2 cm³/mol. The van der Waals surface area contributed by atoms with Gasteiger partial charge in [0.1, 0.15) is 11.5 Å². The molecule has 2 N–H and O–H groups in total. The number of carbonyl (C=O) groups is 2. The Morgan fingerprint density at radius 2 is 1.95 bits per heavy atom. The summed E-state index contributed by atoms with van der Waals surface area (Å²) >= 11 is 0. The molecule has 2 fully saturated rings. The van der Waals surface area contributed by atoms with Gasteiger partial charge in [-0.05, 0) is 30.5 Å². The van der Waals surface area contributed by atoms with Crippen molar-refractivity contribution in [3.63, 3.8) is 0 Å². The lowest BCUT2D eigenvalue weighted by molar-refractivity contribution is -0.132. The SMILES string of the molecule is COc1ccc(CN2C(=O)CNC(=O)C(=N)C23CC3)cc1. The molecule has 2 aliphatic rings. The highest BCUT2D eigenvalue weighted by Crippen LogP contribution is 2.44. The van der Waals surface area contributed by atoms with E-state index in [4.69, 9.17) is 10.1 Å². The van der Waals surface area contributed by atoms with Gasteiger partial charge in [-0.15, -0.1) is 0 Å². The largest absolute Gasteiger partial charge is 0.497 e. The molecule has 1 spiro atoms. The van der Waals surface area contributed by atoms with Crippen molar-refractivity contribution < 1.29 is 14.3 Å². The molecule has 6 heteroatoms. The molecule has 0 unspecified atom stereocenters. The van der Waals surface area contributed by atoms with E-state index in [9.17, 15) is 9.59 Å². The molecule has 0 bridgehead atoms. The van der Waals surface area contributed by atoms with E-state index in [0.29, 0.717) is 19.4 Å². The van der Waals surface area contributed by atoms with E-state index in [1.807, 2.05) is 24.3 Å². The highest BCUT2D eigenvalue weighted by Gasteiger charge is 2.56. The summed E-state index contributed by atoms with van der Waals surface area (Å²) < 4.78 is 5.12. The summed E-state index contributed by atoms with van der Waals surface area (Å²) in [5, 5.41) is 10.5. The van der Waals surface area contributed by atoms with Gasteiger partial charge in [-0.3, -0.25) is 15.0 Å². The third-order valence-electron chi connectivity index (χ3n) is 4.13. The summed E-state index contributed by atoms with van der Waals surface area (Å²) in [4.78, 5) is 25.7. The second-order valence-corrected chi connectivity index (χ2v) is 5.42. The first-order valence-electron chi connectivity index (χ1n) is 6.87. The molecule has 6 nitrogen and oxygen atoms in total. The Morgan fingerprint density at radius 3 is 2.52 bits per heavy atom. The van der Waals surface area contributed by atoms with E-state index in [0.717, 1.165) is 11.3 Å². The van der Waals surface area contributed by atoms with E-state index in [1.54, 1.807) is 12.0 Å². The molecule has 1 saturated carbocycles. The predicted octanol–water partition coefficient (Wildman–Crippen LogP) is 0.706. The first-order valence-corrected chi connectivity index (χ1v) is 6.87. The van der Waals surface area contributed by atoms with Crippen LogP contribution in [0.4, 0.5) is 0 Å². The van der Waals surface area contributed by atoms with Gasteiger partial charge >= 0.3 is 0 Å². The number of benzene rings is 1. The third-order valence-corrected chi connectivity index (χ3v) is 4.13. The van der Waals surface area contributed by atoms with Gasteiger partial charge in [0.05, 0.1) is 19.2 Å². The number of ether oxygens (including phenoxy) is 1. The summed E-state index contributed by atoms with van der Waals surface area (Å²) in [6.07, 6.45) is 1.36. The summed E-state index contributed by atoms with van der Waals surface area (Å²) in [7, 11) is 1.60. The highest BCUT2D eigenvalue weighted by molar-refractivity contribution is 6.43. The van der Waals surface area contributed by atoms with Gasteiger partial charge in [-0.25, -0.2) is 0 Å². The molecule has 1 aliphatic heterocycles. The minimum Gasteiger partial charge on any atom is -0.497 e. The Hall–Kier alpha value is -2.37. The second kappa shape index (κ2) is 4.87. The Kier molecular flexibility index (Phi) is 3.16. The first kappa shape index (κ1) is 13.6. The van der Waals surface area contributed by atoms with Crippen molar-refractivity contribution in [1.82, 2.24) is 10.2 Å². The van der Waals surface area contributed by atoms with Crippen LogP contribution in [0.3, 0.4) is 0 Å². The maximum Gasteiger partial charge on any atom is 0.267 e. The van der Waals surface area contributed by atoms with Crippen molar-refractivity contribution in [1.29, 1.82) is 5.41 Å². The Bertz CT molecular complexity index is 605. The Morgan fingerprint density at radius 1 is 1.29 bits per heavy atom. The molecule has 3 rings (SSSR count). The van der Waals surface area contributed by atoms with Crippen LogP contribution in [0.1, 0.15) is 18.4 Å². The molecule has 0 aromatic heterocycles. The number of carbonyl (C=O) groups excluding carboxylic acids is 2. The van der Waals surface area contributed by atoms with Crippen molar-refractivity contribution in [3.8, 4) is 5.75 Å². The standard InChI is InChI=1S/C15H17N3O3/c1-21-11-4-2-10(3-5-11)9-18-12(19)8-17-14(20)13(16)15(18)6-7-15/h2-5,16H,6-9H2,1H3,(H,17,20). The van der Waals surface area contributed by atoms with E-state index < -0.39 is 11.4 Å². The Labute approximate surface area is 122 Å². The van der Waals surface area contributed by atoms with Crippen LogP contribution in [-0.2, 0) is 16.1 Å². The van der Waals surface area contributed by atoms with Gasteiger partial charge in [0.2, 0.25) is 5.91 Å². The van der Waals surface area contributed by atoms with Crippen LogP contribution in [0.25, 0.3) is 0 Å². The minimum absolute atomic E-state index is 0.00172. The van der Waals surface area contributed by atoms with Gasteiger partial charge in [0.25, 0.3) is 5.91 Å². The van der Waals surface area contributed by atoms with Crippen molar-refractivity contribution in [3.05, 3.63) is 29.8 Å². The van der Waals surface area contributed by atoms with Gasteiger partial charge < -0.3 is 15.0 Å². The fourth-order valence-electron chi connectivity index (χ4n) is 2.72. The summed E-state index contributed by atoms with van der Waals surface area (Å²) in [6.45, 7) is 0.360. The molecular formula is C15H17N3O3. The number of nitrogens with one attached hydrogen (secondary N) is 2. The van der Waals surface area contributed by atoms with Crippen molar-refractivity contribution >= 4 is 17.5 Å². The van der Waals surface area contributed by atoms with Gasteiger partial charge in [-0.1, -0.05) is 12.1 Å². The second-order valence-electron chi connectivity index (χ2n) is 5.42. The number of hydrogen-bond acceptors (Lipinski definition) is 4. The number of hydrogen-bond donors (Lipinski definition) is 2. The minimum atomic E-state index is -0.697. The molecule has 0 radical (unpaired) electrons. The fourth-order valence-corrected chi connectivity index (χ4v) is 2.72. The zero-order valence-corrected chi connectivity index (χ0v) is 11.8. The molecule has 1 heterocycles. The van der Waals surface area contributed by atoms with Crippen LogP contribution in [-0.4, -0.2) is 41.6 Å². The number of rotatable bonds is 3. The lowest BCUT2D eigenvalue weighted by atomic mass is 10.1. The number of nitrogens with zero attached hydrogens (tertiary/aromatic N) is 1. The molecule has 1 aliphatic carbocycles. The lowest BCUT2D eigenvalue weighted by Crippen LogP contribution is -2.46. The van der Waals surface area contributed by atoms with Crippen molar-refractivity contribution in [2.24, 2.45) is 0 Å². The normalized spacial score (nSPS) is 20.2. The molecule has 21 heavy (non-hydrogen) atoms. The zero-order valence-electron chi connectivity index (χ0n) is 11.8. The molecule has 0 atom stereocenters. The van der Waals surface area contributed by atoms with Gasteiger partial charge in [0.15, 0.2) is 0 Å². The molecule has 1 aromatic rings. The Balaban J connectivity index is 1.86. The van der Waals surface area contributed by atoms with E-state index in [2.05, 4.69) is 5.32 Å². The smallest absolute Gasteiger partial charge is 0.267 e. The van der Waals surface area contributed by atoms with Gasteiger partial charge in [0, 0.05) is 6.54 Å². The van der Waals surface area contributed by atoms with E-state index >= 15 is 0 Å². The van der Waals surface area contributed by atoms with Crippen LogP contribution in [0, 0.1) is 5.41 Å². The average molecular weight is 287 g/mol. The highest BCUT2D eigenvalue weighted by atomic mass is 16.5. The average Bonchev–Trinajstić information content (AvgIpc) is 3.31. The fraction of sp³-hybridized carbons (Fsp3) is 0.400. The number of methoxy groups -OCH3 is 1. The zero-order chi connectivity index (χ0) is 15.0. The third kappa shape index (κ3) is 2.26. The lowest BCUT2D eigenvalue weighted by Gasteiger charge is -2.29. The number of amides is 2. The van der Waals surface area contributed by atoms with Crippen LogP contribution in [0.2, 0.25) is 0 Å². The van der Waals surface area contributed by atoms with Crippen LogP contribution >= 0.6 is 0 Å². The quantitative estimate of drug-likeness (QED) is 0.858. The molecule has 1 saturated heterocycles. The molecule has 1 aromatic carbocycles. The van der Waals surface area contributed by atoms with Gasteiger partial charge in [-0.2, -0.15) is 0 Å². The van der Waals surface area contributed by atoms with Crippen molar-refractivity contribution in [2.75, 3.05) is 13.7 Å². The molecular weight excluding hydrogens is 270 g/mol. The molecule has 110 valence electrons. The van der Waals surface area contributed by atoms with E-state index in [1.165, 1.54) is 0 Å². The van der Waals surface area contributed by atoms with Crippen LogP contribution in [0.5, 0.6) is 5.75 Å². The summed E-state index contributed by atoms with van der Waals surface area (Å²) in [6, 6.07) is 7.47. The monoisotopic (exact) mass is 287 g/mol. The maximum absolute atomic E-state index is 12.3. The summed E-state index contributed by atoms with van der Waals surface area (Å²) in [5.41, 5.74) is 0.261. The molecule has 2 amide bonds. The topological polar surface area (TPSA) is 82.5 Å². The van der Waals surface area contributed by atoms with E-state index in [-0.39, 0.29) is 18.2 Å². The summed E-state index contributed by atoms with van der Waals surface area (Å²) in [5.74, 6) is 0.184.